The number of anilines is 1. The highest BCUT2D eigenvalue weighted by atomic mass is 79.9. The molecule has 0 heterocycles. The van der Waals surface area contributed by atoms with Gasteiger partial charge in [-0.05, 0) is 49.4 Å². The lowest BCUT2D eigenvalue weighted by molar-refractivity contribution is 0.597. The normalized spacial score (nSPS) is 16.1. The number of benzene rings is 1. The van der Waals surface area contributed by atoms with Gasteiger partial charge in [-0.3, -0.25) is 4.72 Å². The lowest BCUT2D eigenvalue weighted by Crippen LogP contribution is -2.17. The fourth-order valence-electron chi connectivity index (χ4n) is 1.61. The van der Waals surface area contributed by atoms with Crippen molar-refractivity contribution in [3.63, 3.8) is 0 Å². The van der Waals surface area contributed by atoms with Gasteiger partial charge in [0.25, 0.3) is 0 Å². The van der Waals surface area contributed by atoms with Crippen LogP contribution in [0.1, 0.15) is 18.4 Å². The zero-order chi connectivity index (χ0) is 11.8. The second kappa shape index (κ2) is 4.37. The average Bonchev–Trinajstić information content (AvgIpc) is 2.83. The van der Waals surface area contributed by atoms with E-state index in [1.165, 1.54) is 0 Å². The molecule has 0 bridgehead atoms. The van der Waals surface area contributed by atoms with Crippen molar-refractivity contribution in [1.82, 2.24) is 0 Å². The molecule has 0 amide bonds. The first-order chi connectivity index (χ1) is 7.44. The van der Waals surface area contributed by atoms with Crippen LogP contribution in [0.3, 0.4) is 0 Å². The molecule has 3 nitrogen and oxygen atoms in total. The maximum absolute atomic E-state index is 11.7. The van der Waals surface area contributed by atoms with Gasteiger partial charge in [0.2, 0.25) is 10.0 Å². The van der Waals surface area contributed by atoms with Gasteiger partial charge in [0.05, 0.1) is 5.75 Å². The van der Waals surface area contributed by atoms with Crippen molar-refractivity contribution in [2.45, 2.75) is 19.8 Å². The molecule has 1 aliphatic rings. The molecule has 0 unspecified atom stereocenters. The minimum absolute atomic E-state index is 0.249. The summed E-state index contributed by atoms with van der Waals surface area (Å²) in [6.45, 7) is 1.93. The summed E-state index contributed by atoms with van der Waals surface area (Å²) in [5.41, 5.74) is 1.66. The maximum Gasteiger partial charge on any atom is 0.232 e. The van der Waals surface area contributed by atoms with E-state index >= 15 is 0 Å². The molecule has 0 aliphatic heterocycles. The second-order valence-corrected chi connectivity index (χ2v) is 7.03. The zero-order valence-electron chi connectivity index (χ0n) is 9.03. The highest BCUT2D eigenvalue weighted by Crippen LogP contribution is 2.31. The number of nitrogens with one attached hydrogen (secondary N) is 1. The van der Waals surface area contributed by atoms with E-state index in [-0.39, 0.29) is 5.75 Å². The van der Waals surface area contributed by atoms with Gasteiger partial charge in [0, 0.05) is 10.2 Å². The van der Waals surface area contributed by atoms with E-state index in [1.807, 2.05) is 19.1 Å². The molecule has 0 aromatic heterocycles. The molecule has 0 atom stereocenters. The van der Waals surface area contributed by atoms with Crippen molar-refractivity contribution < 1.29 is 8.42 Å². The molecule has 0 saturated heterocycles. The van der Waals surface area contributed by atoms with Crippen molar-refractivity contribution in [3.05, 3.63) is 28.2 Å². The SMILES string of the molecule is Cc1cc(Br)cc(NS(=O)(=O)CC2CC2)c1. The summed E-state index contributed by atoms with van der Waals surface area (Å²) < 4.78 is 27.0. The van der Waals surface area contributed by atoms with E-state index < -0.39 is 10.0 Å². The zero-order valence-corrected chi connectivity index (χ0v) is 11.4. The Hall–Kier alpha value is -0.550. The van der Waals surface area contributed by atoms with Gasteiger partial charge in [0.1, 0.15) is 0 Å². The Kier molecular flexibility index (Phi) is 3.26. The highest BCUT2D eigenvalue weighted by Gasteiger charge is 2.27. The average molecular weight is 304 g/mol. The van der Waals surface area contributed by atoms with Crippen LogP contribution in [0.5, 0.6) is 0 Å². The lowest BCUT2D eigenvalue weighted by Gasteiger charge is -2.08. The number of aryl methyl sites for hydroxylation is 1. The Bertz CT molecular complexity index is 474. The van der Waals surface area contributed by atoms with Crippen LogP contribution in [0.2, 0.25) is 0 Å². The van der Waals surface area contributed by atoms with Crippen molar-refractivity contribution in [3.8, 4) is 0 Å². The molecule has 88 valence electrons. The van der Waals surface area contributed by atoms with E-state index in [4.69, 9.17) is 0 Å². The predicted molar refractivity (Wildman–Crippen MR) is 69.0 cm³/mol. The van der Waals surface area contributed by atoms with Crippen LogP contribution in [0.4, 0.5) is 5.69 Å². The molecule has 1 saturated carbocycles. The summed E-state index contributed by atoms with van der Waals surface area (Å²) in [4.78, 5) is 0. The first-order valence-electron chi connectivity index (χ1n) is 5.22. The number of hydrogen-bond donors (Lipinski definition) is 1. The summed E-state index contributed by atoms with van der Waals surface area (Å²) in [5, 5.41) is 0. The largest absolute Gasteiger partial charge is 0.283 e. The van der Waals surface area contributed by atoms with E-state index in [9.17, 15) is 8.42 Å². The van der Waals surface area contributed by atoms with Crippen LogP contribution in [0.25, 0.3) is 0 Å². The topological polar surface area (TPSA) is 46.2 Å². The summed E-state index contributed by atoms with van der Waals surface area (Å²) >= 11 is 3.35. The van der Waals surface area contributed by atoms with E-state index in [1.54, 1.807) is 6.07 Å². The van der Waals surface area contributed by atoms with E-state index in [2.05, 4.69) is 20.7 Å². The molecular formula is C11H14BrNO2S. The Morgan fingerprint density at radius 1 is 1.38 bits per heavy atom. The fourth-order valence-corrected chi connectivity index (χ4v) is 3.73. The molecule has 16 heavy (non-hydrogen) atoms. The van der Waals surface area contributed by atoms with Gasteiger partial charge in [0.15, 0.2) is 0 Å². The Labute approximate surface area is 104 Å². The van der Waals surface area contributed by atoms with Crippen LogP contribution in [-0.4, -0.2) is 14.2 Å². The number of rotatable bonds is 4. The van der Waals surface area contributed by atoms with Crippen LogP contribution in [-0.2, 0) is 10.0 Å². The Morgan fingerprint density at radius 2 is 2.06 bits per heavy atom. The van der Waals surface area contributed by atoms with Gasteiger partial charge >= 0.3 is 0 Å². The predicted octanol–water partition coefficient (Wildman–Crippen LogP) is 2.91. The van der Waals surface area contributed by atoms with Crippen LogP contribution < -0.4 is 4.72 Å². The quantitative estimate of drug-likeness (QED) is 0.929. The lowest BCUT2D eigenvalue weighted by atomic mass is 10.2. The number of halogens is 1. The third-order valence-corrected chi connectivity index (χ3v) is 4.38. The molecular weight excluding hydrogens is 290 g/mol. The first kappa shape index (κ1) is 11.9. The van der Waals surface area contributed by atoms with E-state index in [0.29, 0.717) is 11.6 Å². The van der Waals surface area contributed by atoms with Crippen molar-refractivity contribution in [2.75, 3.05) is 10.5 Å². The minimum Gasteiger partial charge on any atom is -0.283 e. The summed E-state index contributed by atoms with van der Waals surface area (Å²) in [6.07, 6.45) is 2.08. The third kappa shape index (κ3) is 3.49. The molecule has 5 heteroatoms. The van der Waals surface area contributed by atoms with Gasteiger partial charge < -0.3 is 0 Å². The van der Waals surface area contributed by atoms with Crippen LogP contribution in [0, 0.1) is 12.8 Å². The molecule has 1 fully saturated rings. The summed E-state index contributed by atoms with van der Waals surface area (Å²) in [7, 11) is -3.18. The summed E-state index contributed by atoms with van der Waals surface area (Å²) in [6, 6.07) is 5.55. The van der Waals surface area contributed by atoms with E-state index in [0.717, 1.165) is 22.9 Å². The Balaban J connectivity index is 2.12. The van der Waals surface area contributed by atoms with Gasteiger partial charge in [-0.1, -0.05) is 15.9 Å². The smallest absolute Gasteiger partial charge is 0.232 e. The standard InChI is InChI=1S/C11H14BrNO2S/c1-8-4-10(12)6-11(5-8)13-16(14,15)7-9-2-3-9/h4-6,9,13H,2-3,7H2,1H3. The summed E-state index contributed by atoms with van der Waals surface area (Å²) in [5.74, 6) is 0.615. The van der Waals surface area contributed by atoms with Crippen molar-refractivity contribution in [2.24, 2.45) is 5.92 Å². The van der Waals surface area contributed by atoms with Crippen molar-refractivity contribution in [1.29, 1.82) is 0 Å². The number of sulfonamides is 1. The maximum atomic E-state index is 11.7. The van der Waals surface area contributed by atoms with Crippen molar-refractivity contribution >= 4 is 31.6 Å². The molecule has 1 aromatic carbocycles. The third-order valence-electron chi connectivity index (χ3n) is 2.47. The first-order valence-corrected chi connectivity index (χ1v) is 7.67. The molecule has 0 spiro atoms. The van der Waals surface area contributed by atoms with Crippen LogP contribution >= 0.6 is 15.9 Å². The monoisotopic (exact) mass is 303 g/mol. The van der Waals surface area contributed by atoms with Gasteiger partial charge in [-0.15, -0.1) is 0 Å². The molecule has 1 N–H and O–H groups in total. The molecule has 0 radical (unpaired) electrons. The molecule has 1 aliphatic carbocycles. The van der Waals surface area contributed by atoms with Gasteiger partial charge in [-0.25, -0.2) is 8.42 Å². The fraction of sp³-hybridized carbons (Fsp3) is 0.455. The minimum atomic E-state index is -3.18. The highest BCUT2D eigenvalue weighted by molar-refractivity contribution is 9.10. The second-order valence-electron chi connectivity index (χ2n) is 4.34. The van der Waals surface area contributed by atoms with Gasteiger partial charge in [-0.2, -0.15) is 0 Å². The number of hydrogen-bond acceptors (Lipinski definition) is 2. The molecule has 1 aromatic rings. The van der Waals surface area contributed by atoms with Crippen LogP contribution in [0.15, 0.2) is 22.7 Å². The Morgan fingerprint density at radius 3 is 2.62 bits per heavy atom. The molecule has 2 rings (SSSR count).